The number of methoxy groups -OCH3 is 1. The average Bonchev–Trinajstić information content (AvgIpc) is 2.14. The molecule has 0 saturated heterocycles. The predicted molar refractivity (Wildman–Crippen MR) is 52.5 cm³/mol. The number of ether oxygens (including phenoxy) is 1. The van der Waals surface area contributed by atoms with Gasteiger partial charge < -0.3 is 4.74 Å². The molecule has 0 radical (unpaired) electrons. The minimum atomic E-state index is -0.375. The van der Waals surface area contributed by atoms with Gasteiger partial charge in [0.25, 0.3) is 0 Å². The van der Waals surface area contributed by atoms with E-state index in [-0.39, 0.29) is 5.97 Å². The molecule has 0 amide bonds. The molecule has 0 spiro atoms. The number of carbonyl (C=O) groups excluding carboxylic acids is 1. The van der Waals surface area contributed by atoms with Crippen LogP contribution in [0.5, 0.6) is 0 Å². The summed E-state index contributed by atoms with van der Waals surface area (Å²) in [6.07, 6.45) is 3.00. The molecule has 68 valence electrons. The lowest BCUT2D eigenvalue weighted by atomic mass is 10.2. The fourth-order valence-electron chi connectivity index (χ4n) is 0.843. The highest BCUT2D eigenvalue weighted by Crippen LogP contribution is 2.11. The molecule has 0 fully saturated rings. The molecule has 0 bridgehead atoms. The molecule has 0 aromatic heterocycles. The third kappa shape index (κ3) is 3.30. The summed E-state index contributed by atoms with van der Waals surface area (Å²) >= 11 is 5.74. The summed E-state index contributed by atoms with van der Waals surface area (Å²) in [5.74, 6) is -0.375. The predicted octanol–water partition coefficient (Wildman–Crippen LogP) is 2.53. The van der Waals surface area contributed by atoms with Crippen molar-refractivity contribution >= 4 is 23.6 Å². The molecule has 13 heavy (non-hydrogen) atoms. The van der Waals surface area contributed by atoms with E-state index in [1.54, 1.807) is 18.2 Å². The van der Waals surface area contributed by atoms with Crippen LogP contribution < -0.4 is 0 Å². The number of hydrogen-bond acceptors (Lipinski definition) is 2. The average molecular weight is 197 g/mol. The molecule has 2 nitrogen and oxygen atoms in total. The maximum Gasteiger partial charge on any atom is 0.330 e. The Bertz CT molecular complexity index is 331. The van der Waals surface area contributed by atoms with Gasteiger partial charge in [0, 0.05) is 11.1 Å². The van der Waals surface area contributed by atoms with Crippen LogP contribution in [0.3, 0.4) is 0 Å². The molecule has 1 aromatic rings. The van der Waals surface area contributed by atoms with Crippen LogP contribution in [0.15, 0.2) is 30.3 Å². The molecule has 1 rings (SSSR count). The largest absolute Gasteiger partial charge is 0.466 e. The first-order chi connectivity index (χ1) is 6.22. The zero-order valence-corrected chi connectivity index (χ0v) is 7.91. The number of benzene rings is 1. The highest BCUT2D eigenvalue weighted by Gasteiger charge is 1.92. The molecular formula is C10H9ClO2. The highest BCUT2D eigenvalue weighted by molar-refractivity contribution is 6.30. The summed E-state index contributed by atoms with van der Waals surface area (Å²) in [7, 11) is 1.34. The molecule has 0 aliphatic rings. The second kappa shape index (κ2) is 4.67. The molecule has 0 heterocycles. The van der Waals surface area contributed by atoms with E-state index in [2.05, 4.69) is 4.74 Å². The zero-order valence-electron chi connectivity index (χ0n) is 7.16. The van der Waals surface area contributed by atoms with Crippen molar-refractivity contribution in [3.8, 4) is 0 Å². The van der Waals surface area contributed by atoms with Crippen molar-refractivity contribution in [2.75, 3.05) is 7.11 Å². The lowest BCUT2D eigenvalue weighted by Crippen LogP contribution is -1.93. The van der Waals surface area contributed by atoms with Crippen LogP contribution in [0.1, 0.15) is 5.56 Å². The van der Waals surface area contributed by atoms with E-state index >= 15 is 0 Å². The molecule has 0 aliphatic heterocycles. The Kier molecular flexibility index (Phi) is 3.53. The Hall–Kier alpha value is -1.28. The summed E-state index contributed by atoms with van der Waals surface area (Å²) in [4.78, 5) is 10.7. The quantitative estimate of drug-likeness (QED) is 0.537. The topological polar surface area (TPSA) is 26.3 Å². The van der Waals surface area contributed by atoms with Gasteiger partial charge in [0.15, 0.2) is 0 Å². The second-order valence-electron chi connectivity index (χ2n) is 2.41. The summed E-state index contributed by atoms with van der Waals surface area (Å²) in [6.45, 7) is 0. The molecule has 0 aliphatic carbocycles. The second-order valence-corrected chi connectivity index (χ2v) is 2.85. The Labute approximate surface area is 81.8 Å². The van der Waals surface area contributed by atoms with Crippen molar-refractivity contribution in [1.82, 2.24) is 0 Å². The van der Waals surface area contributed by atoms with E-state index < -0.39 is 0 Å². The first-order valence-electron chi connectivity index (χ1n) is 3.74. The van der Waals surface area contributed by atoms with Gasteiger partial charge in [0.05, 0.1) is 7.11 Å². The number of rotatable bonds is 2. The fraction of sp³-hybridized carbons (Fsp3) is 0.100. The molecular weight excluding hydrogens is 188 g/mol. The Morgan fingerprint density at radius 3 is 2.92 bits per heavy atom. The van der Waals surface area contributed by atoms with Crippen LogP contribution in [0.4, 0.5) is 0 Å². The van der Waals surface area contributed by atoms with E-state index in [1.807, 2.05) is 12.1 Å². The summed E-state index contributed by atoms with van der Waals surface area (Å²) in [6, 6.07) is 7.21. The summed E-state index contributed by atoms with van der Waals surface area (Å²) in [5.41, 5.74) is 0.873. The lowest BCUT2D eigenvalue weighted by molar-refractivity contribution is -0.134. The van der Waals surface area contributed by atoms with E-state index in [9.17, 15) is 4.79 Å². The van der Waals surface area contributed by atoms with Crippen LogP contribution in [0.25, 0.3) is 6.08 Å². The normalized spacial score (nSPS) is 10.3. The Balaban J connectivity index is 2.74. The minimum Gasteiger partial charge on any atom is -0.466 e. The first-order valence-corrected chi connectivity index (χ1v) is 4.12. The number of halogens is 1. The van der Waals surface area contributed by atoms with Gasteiger partial charge in [-0.1, -0.05) is 23.7 Å². The van der Waals surface area contributed by atoms with Gasteiger partial charge in [-0.3, -0.25) is 0 Å². The molecule has 3 heteroatoms. The Morgan fingerprint density at radius 1 is 1.54 bits per heavy atom. The van der Waals surface area contributed by atoms with Crippen molar-refractivity contribution in [3.63, 3.8) is 0 Å². The minimum absolute atomic E-state index is 0.375. The van der Waals surface area contributed by atoms with Gasteiger partial charge in [-0.25, -0.2) is 4.79 Å². The number of carbonyl (C=O) groups is 1. The van der Waals surface area contributed by atoms with Crippen LogP contribution >= 0.6 is 11.6 Å². The van der Waals surface area contributed by atoms with Crippen LogP contribution in [-0.2, 0) is 9.53 Å². The number of hydrogen-bond donors (Lipinski definition) is 0. The van der Waals surface area contributed by atoms with Gasteiger partial charge in [0.1, 0.15) is 0 Å². The van der Waals surface area contributed by atoms with E-state index in [4.69, 9.17) is 11.6 Å². The molecule has 0 atom stereocenters. The van der Waals surface area contributed by atoms with E-state index in [0.29, 0.717) is 5.02 Å². The van der Waals surface area contributed by atoms with Crippen LogP contribution in [0, 0.1) is 0 Å². The molecule has 1 aromatic carbocycles. The van der Waals surface area contributed by atoms with Gasteiger partial charge >= 0.3 is 5.97 Å². The van der Waals surface area contributed by atoms with Gasteiger partial charge in [-0.2, -0.15) is 0 Å². The Morgan fingerprint density at radius 2 is 2.31 bits per heavy atom. The molecule has 0 unspecified atom stereocenters. The van der Waals surface area contributed by atoms with Crippen molar-refractivity contribution < 1.29 is 9.53 Å². The first kappa shape index (κ1) is 9.81. The van der Waals surface area contributed by atoms with Crippen LogP contribution in [-0.4, -0.2) is 13.1 Å². The van der Waals surface area contributed by atoms with Crippen molar-refractivity contribution in [1.29, 1.82) is 0 Å². The third-order valence-electron chi connectivity index (χ3n) is 1.46. The number of esters is 1. The molecule has 0 saturated carbocycles. The summed E-state index contributed by atoms with van der Waals surface area (Å²) < 4.78 is 4.44. The van der Waals surface area contributed by atoms with E-state index in [1.165, 1.54) is 13.2 Å². The lowest BCUT2D eigenvalue weighted by Gasteiger charge is -1.93. The van der Waals surface area contributed by atoms with Crippen molar-refractivity contribution in [2.45, 2.75) is 0 Å². The molecule has 0 N–H and O–H groups in total. The van der Waals surface area contributed by atoms with Crippen molar-refractivity contribution in [3.05, 3.63) is 40.9 Å². The summed E-state index contributed by atoms with van der Waals surface area (Å²) in [5, 5.41) is 0.645. The SMILES string of the molecule is COC(=O)/C=C\c1cccc(Cl)c1. The smallest absolute Gasteiger partial charge is 0.330 e. The monoisotopic (exact) mass is 196 g/mol. The maximum atomic E-state index is 10.7. The van der Waals surface area contributed by atoms with Crippen LogP contribution in [0.2, 0.25) is 5.02 Å². The van der Waals surface area contributed by atoms with E-state index in [0.717, 1.165) is 5.56 Å². The zero-order chi connectivity index (χ0) is 9.68. The third-order valence-corrected chi connectivity index (χ3v) is 1.70. The highest BCUT2D eigenvalue weighted by atomic mass is 35.5. The van der Waals surface area contributed by atoms with Gasteiger partial charge in [0.2, 0.25) is 0 Å². The van der Waals surface area contributed by atoms with Gasteiger partial charge in [-0.05, 0) is 23.8 Å². The maximum absolute atomic E-state index is 10.7. The standard InChI is InChI=1S/C10H9ClO2/c1-13-10(12)6-5-8-3-2-4-9(11)7-8/h2-7H,1H3/b6-5-. The van der Waals surface area contributed by atoms with Gasteiger partial charge in [-0.15, -0.1) is 0 Å². The van der Waals surface area contributed by atoms with Crippen molar-refractivity contribution in [2.24, 2.45) is 0 Å². The fourth-order valence-corrected chi connectivity index (χ4v) is 1.04.